The molecule has 0 aliphatic heterocycles. The zero-order valence-corrected chi connectivity index (χ0v) is 13.4. The summed E-state index contributed by atoms with van der Waals surface area (Å²) in [7, 11) is 0. The van der Waals surface area contributed by atoms with Gasteiger partial charge in [0, 0.05) is 0 Å². The maximum Gasteiger partial charge on any atom is 0.314 e. The minimum Gasteiger partial charge on any atom is -0.467 e. The van der Waals surface area contributed by atoms with Crippen LogP contribution in [0.2, 0.25) is 0 Å². The average Bonchev–Trinajstić information content (AvgIpc) is 3.35. The molecule has 1 aliphatic rings. The summed E-state index contributed by atoms with van der Waals surface area (Å²) in [6.07, 6.45) is 4.76. The molecule has 0 unspecified atom stereocenters. The summed E-state index contributed by atoms with van der Waals surface area (Å²) in [5, 5.41) is 11.8. The fourth-order valence-corrected chi connectivity index (χ4v) is 2.14. The topological polar surface area (TPSA) is 92.3 Å². The molecule has 0 atom stereocenters. The van der Waals surface area contributed by atoms with Crippen molar-refractivity contribution >= 4 is 18.0 Å². The summed E-state index contributed by atoms with van der Waals surface area (Å²) < 4.78 is 10.4. The third-order valence-electron chi connectivity index (χ3n) is 3.69. The molecular formula is C19H16N2O4. The second-order valence-electron chi connectivity index (χ2n) is 5.70. The van der Waals surface area contributed by atoms with Gasteiger partial charge < -0.3 is 14.5 Å². The number of carbonyl (C=O) groups is 2. The first kappa shape index (κ1) is 16.5. The molecular weight excluding hydrogens is 320 g/mol. The normalized spacial score (nSPS) is 13.8. The van der Waals surface area contributed by atoms with E-state index in [0.29, 0.717) is 17.1 Å². The Bertz CT molecular complexity index is 825. The lowest BCUT2D eigenvalue weighted by atomic mass is 10.1. The third-order valence-corrected chi connectivity index (χ3v) is 3.69. The van der Waals surface area contributed by atoms with Gasteiger partial charge in [-0.25, -0.2) is 0 Å². The minimum absolute atomic E-state index is 0.0192. The molecule has 0 radical (unpaired) electrons. The summed E-state index contributed by atoms with van der Waals surface area (Å²) >= 11 is 0. The third kappa shape index (κ3) is 4.58. The van der Waals surface area contributed by atoms with Gasteiger partial charge in [0.15, 0.2) is 0 Å². The lowest BCUT2D eigenvalue weighted by molar-refractivity contribution is -0.135. The molecule has 126 valence electrons. The number of nitrogens with zero attached hydrogens (tertiary/aromatic N) is 1. The van der Waals surface area contributed by atoms with E-state index in [0.717, 1.165) is 12.8 Å². The number of ether oxygens (including phenoxy) is 1. The zero-order valence-electron chi connectivity index (χ0n) is 13.4. The lowest BCUT2D eigenvalue weighted by Gasteiger charge is -2.04. The van der Waals surface area contributed by atoms with Crippen molar-refractivity contribution in [1.82, 2.24) is 5.32 Å². The lowest BCUT2D eigenvalue weighted by Crippen LogP contribution is -2.23. The van der Waals surface area contributed by atoms with Crippen LogP contribution in [0.3, 0.4) is 0 Å². The van der Waals surface area contributed by atoms with Crippen molar-refractivity contribution in [2.75, 3.05) is 0 Å². The molecule has 6 heteroatoms. The van der Waals surface area contributed by atoms with Crippen molar-refractivity contribution in [2.45, 2.75) is 19.4 Å². The van der Waals surface area contributed by atoms with Gasteiger partial charge in [-0.2, -0.15) is 5.26 Å². The van der Waals surface area contributed by atoms with Gasteiger partial charge in [0.25, 0.3) is 5.91 Å². The Morgan fingerprint density at radius 1 is 1.28 bits per heavy atom. The van der Waals surface area contributed by atoms with E-state index in [1.165, 1.54) is 12.3 Å². The Kier molecular flexibility index (Phi) is 4.95. The molecule has 0 spiro atoms. The van der Waals surface area contributed by atoms with Gasteiger partial charge in [0.1, 0.15) is 23.2 Å². The first-order valence-corrected chi connectivity index (χ1v) is 7.90. The van der Waals surface area contributed by atoms with Gasteiger partial charge in [-0.05, 0) is 48.7 Å². The molecule has 3 rings (SSSR count). The van der Waals surface area contributed by atoms with Gasteiger partial charge in [-0.3, -0.25) is 9.59 Å². The predicted molar refractivity (Wildman–Crippen MR) is 88.9 cm³/mol. The molecule has 1 saturated carbocycles. The maximum absolute atomic E-state index is 12.1. The number of esters is 1. The maximum atomic E-state index is 12.1. The van der Waals surface area contributed by atoms with E-state index in [1.807, 2.05) is 6.07 Å². The van der Waals surface area contributed by atoms with Crippen LogP contribution < -0.4 is 10.1 Å². The monoisotopic (exact) mass is 336 g/mol. The number of hydrogen-bond donors (Lipinski definition) is 1. The Morgan fingerprint density at radius 2 is 2.04 bits per heavy atom. The Hall–Kier alpha value is -3.33. The van der Waals surface area contributed by atoms with Gasteiger partial charge in [-0.1, -0.05) is 12.1 Å². The van der Waals surface area contributed by atoms with E-state index in [4.69, 9.17) is 9.15 Å². The smallest absolute Gasteiger partial charge is 0.314 e. The van der Waals surface area contributed by atoms with Crippen LogP contribution >= 0.6 is 0 Å². The van der Waals surface area contributed by atoms with Gasteiger partial charge >= 0.3 is 5.97 Å². The molecule has 1 aromatic carbocycles. The standard InChI is InChI=1S/C19H16N2O4/c20-11-15(18(22)21-12-17-2-1-9-24-17)10-13-3-7-16(8-4-13)25-19(23)14-5-6-14/h1-4,7-10,14H,5-6,12H2,(H,21,22)/b15-10+. The molecule has 0 bridgehead atoms. The second-order valence-corrected chi connectivity index (χ2v) is 5.70. The number of benzene rings is 1. The quantitative estimate of drug-likeness (QED) is 0.379. The number of carbonyl (C=O) groups excluding carboxylic acids is 2. The van der Waals surface area contributed by atoms with Crippen molar-refractivity contribution < 1.29 is 18.7 Å². The van der Waals surface area contributed by atoms with E-state index in [9.17, 15) is 14.9 Å². The zero-order chi connectivity index (χ0) is 17.6. The van der Waals surface area contributed by atoms with Crippen LogP contribution in [0.15, 0.2) is 52.7 Å². The predicted octanol–water partition coefficient (Wildman–Crippen LogP) is 2.82. The highest BCUT2D eigenvalue weighted by molar-refractivity contribution is 6.01. The molecule has 1 amide bonds. The summed E-state index contributed by atoms with van der Waals surface area (Å²) in [6.45, 7) is 0.209. The fraction of sp³-hybridized carbons (Fsp3) is 0.211. The molecule has 1 N–H and O–H groups in total. The van der Waals surface area contributed by atoms with E-state index >= 15 is 0 Å². The number of furan rings is 1. The summed E-state index contributed by atoms with van der Waals surface area (Å²) in [6, 6.07) is 12.0. The van der Waals surface area contributed by atoms with Gasteiger partial charge in [0.2, 0.25) is 0 Å². The van der Waals surface area contributed by atoms with E-state index in [-0.39, 0.29) is 24.0 Å². The Morgan fingerprint density at radius 3 is 2.64 bits per heavy atom. The molecule has 25 heavy (non-hydrogen) atoms. The average molecular weight is 336 g/mol. The molecule has 1 fully saturated rings. The molecule has 2 aromatic rings. The minimum atomic E-state index is -0.483. The SMILES string of the molecule is N#C/C(=C\c1ccc(OC(=O)C2CC2)cc1)C(=O)NCc1ccco1. The van der Waals surface area contributed by atoms with Crippen LogP contribution in [-0.4, -0.2) is 11.9 Å². The van der Waals surface area contributed by atoms with Crippen LogP contribution in [0, 0.1) is 17.2 Å². The summed E-state index contributed by atoms with van der Waals surface area (Å²) in [5.41, 5.74) is 0.644. The number of nitrogens with one attached hydrogen (secondary N) is 1. The molecule has 1 heterocycles. The Balaban J connectivity index is 1.61. The highest BCUT2D eigenvalue weighted by Crippen LogP contribution is 2.30. The van der Waals surface area contributed by atoms with Crippen molar-refractivity contribution in [2.24, 2.45) is 5.92 Å². The van der Waals surface area contributed by atoms with Crippen LogP contribution in [0.4, 0.5) is 0 Å². The molecule has 0 saturated heterocycles. The Labute approximate surface area is 144 Å². The van der Waals surface area contributed by atoms with Crippen LogP contribution in [0.5, 0.6) is 5.75 Å². The van der Waals surface area contributed by atoms with Gasteiger partial charge in [-0.15, -0.1) is 0 Å². The largest absolute Gasteiger partial charge is 0.467 e. The van der Waals surface area contributed by atoms with Crippen molar-refractivity contribution in [3.05, 3.63) is 59.6 Å². The highest BCUT2D eigenvalue weighted by atomic mass is 16.5. The first-order valence-electron chi connectivity index (χ1n) is 7.90. The van der Waals surface area contributed by atoms with Crippen molar-refractivity contribution in [3.8, 4) is 11.8 Å². The number of hydrogen-bond acceptors (Lipinski definition) is 5. The summed E-state index contributed by atoms with van der Waals surface area (Å²) in [5.74, 6) is 0.395. The van der Waals surface area contributed by atoms with Crippen LogP contribution in [0.25, 0.3) is 6.08 Å². The van der Waals surface area contributed by atoms with E-state index < -0.39 is 5.91 Å². The van der Waals surface area contributed by atoms with E-state index in [1.54, 1.807) is 36.4 Å². The van der Waals surface area contributed by atoms with E-state index in [2.05, 4.69) is 5.32 Å². The van der Waals surface area contributed by atoms with Gasteiger partial charge in [0.05, 0.1) is 18.7 Å². The number of rotatable bonds is 6. The fourth-order valence-electron chi connectivity index (χ4n) is 2.14. The molecule has 1 aromatic heterocycles. The molecule has 6 nitrogen and oxygen atoms in total. The summed E-state index contributed by atoms with van der Waals surface area (Å²) in [4.78, 5) is 23.7. The second kappa shape index (κ2) is 7.49. The van der Waals surface area contributed by atoms with Crippen molar-refractivity contribution in [3.63, 3.8) is 0 Å². The number of nitriles is 1. The first-order chi connectivity index (χ1) is 12.2. The molecule has 1 aliphatic carbocycles. The van der Waals surface area contributed by atoms with Crippen LogP contribution in [-0.2, 0) is 16.1 Å². The number of amides is 1. The van der Waals surface area contributed by atoms with Crippen molar-refractivity contribution in [1.29, 1.82) is 5.26 Å². The van der Waals surface area contributed by atoms with Crippen LogP contribution in [0.1, 0.15) is 24.2 Å². The highest BCUT2D eigenvalue weighted by Gasteiger charge is 2.31.